The van der Waals surface area contributed by atoms with E-state index in [1.807, 2.05) is 68.4 Å². The fraction of sp³-hybridized carbons (Fsp3) is 0.355. The average Bonchev–Trinajstić information content (AvgIpc) is 2.98. The quantitative estimate of drug-likeness (QED) is 0.154. The van der Waals surface area contributed by atoms with Crippen LogP contribution in [0, 0.1) is 17.0 Å². The standard InChI is InChI=1S/C31H38N4O7S/c1-5-6-18-32-31(37)28(19-24-13-8-7-9-14-24)33(21-25-15-11-10-12-23(25)2)30(36)22-34(43(4,40)41)27-20-26(35(38)39)16-17-29(27)42-3/h7-17,20,28H,5-6,18-19,21-22H2,1-4H3,(H,32,37)/t28-/m0/s1. The summed E-state index contributed by atoms with van der Waals surface area (Å²) in [4.78, 5) is 40.2. The molecular formula is C31H38N4O7S. The number of rotatable bonds is 15. The number of carbonyl (C=O) groups is 2. The van der Waals surface area contributed by atoms with Gasteiger partial charge in [-0.05, 0) is 36.1 Å². The lowest BCUT2D eigenvalue weighted by molar-refractivity contribution is -0.384. The Hall–Kier alpha value is -4.45. The van der Waals surface area contributed by atoms with E-state index >= 15 is 0 Å². The minimum atomic E-state index is -4.14. The molecule has 0 fully saturated rings. The van der Waals surface area contributed by atoms with Crippen LogP contribution in [0.25, 0.3) is 0 Å². The lowest BCUT2D eigenvalue weighted by atomic mass is 10.0. The van der Waals surface area contributed by atoms with Gasteiger partial charge in [0.05, 0.1) is 18.3 Å². The first-order valence-corrected chi connectivity index (χ1v) is 15.8. The largest absolute Gasteiger partial charge is 0.495 e. The Balaban J connectivity index is 2.12. The van der Waals surface area contributed by atoms with E-state index in [0.717, 1.165) is 46.2 Å². The maximum absolute atomic E-state index is 14.2. The Labute approximate surface area is 252 Å². The third-order valence-corrected chi connectivity index (χ3v) is 8.15. The molecule has 0 aliphatic heterocycles. The normalized spacial score (nSPS) is 11.8. The number of ether oxygens (including phenoxy) is 1. The number of benzene rings is 3. The molecule has 43 heavy (non-hydrogen) atoms. The SMILES string of the molecule is CCCCNC(=O)[C@H](Cc1ccccc1)N(Cc1ccccc1C)C(=O)CN(c1cc([N+](=O)[O-])ccc1OC)S(C)(=O)=O. The first kappa shape index (κ1) is 33.1. The zero-order valence-corrected chi connectivity index (χ0v) is 25.7. The minimum absolute atomic E-state index is 0.0347. The van der Waals surface area contributed by atoms with Crippen molar-refractivity contribution in [3.8, 4) is 5.75 Å². The van der Waals surface area contributed by atoms with Gasteiger partial charge in [0.25, 0.3) is 5.69 Å². The van der Waals surface area contributed by atoms with Crippen LogP contribution in [-0.2, 0) is 32.6 Å². The lowest BCUT2D eigenvalue weighted by Crippen LogP contribution is -2.53. The Morgan fingerprint density at radius 1 is 1.05 bits per heavy atom. The summed E-state index contributed by atoms with van der Waals surface area (Å²) in [6.07, 6.45) is 2.71. The van der Waals surface area contributed by atoms with Crippen LogP contribution in [0.4, 0.5) is 11.4 Å². The maximum atomic E-state index is 14.2. The predicted octanol–water partition coefficient (Wildman–Crippen LogP) is 4.23. The summed E-state index contributed by atoms with van der Waals surface area (Å²) in [6.45, 7) is 3.64. The predicted molar refractivity (Wildman–Crippen MR) is 165 cm³/mol. The van der Waals surface area contributed by atoms with Crippen molar-refractivity contribution in [2.24, 2.45) is 0 Å². The summed E-state index contributed by atoms with van der Waals surface area (Å²) in [7, 11) is -2.84. The van der Waals surface area contributed by atoms with Gasteiger partial charge in [0.1, 0.15) is 24.0 Å². The first-order chi connectivity index (χ1) is 20.5. The molecule has 0 aliphatic rings. The fourth-order valence-corrected chi connectivity index (χ4v) is 5.46. The van der Waals surface area contributed by atoms with Crippen molar-refractivity contribution in [3.05, 3.63) is 99.6 Å². The molecular weight excluding hydrogens is 572 g/mol. The second-order valence-electron chi connectivity index (χ2n) is 10.2. The van der Waals surface area contributed by atoms with Gasteiger partial charge in [-0.2, -0.15) is 0 Å². The van der Waals surface area contributed by atoms with Gasteiger partial charge in [-0.1, -0.05) is 67.9 Å². The van der Waals surface area contributed by atoms with Crippen molar-refractivity contribution in [1.82, 2.24) is 10.2 Å². The fourth-order valence-electron chi connectivity index (χ4n) is 4.61. The molecule has 0 saturated carbocycles. The summed E-state index contributed by atoms with van der Waals surface area (Å²) in [5, 5.41) is 14.4. The molecule has 0 aliphatic carbocycles. The molecule has 3 aromatic carbocycles. The van der Waals surface area contributed by atoms with Gasteiger partial charge < -0.3 is 15.0 Å². The van der Waals surface area contributed by atoms with Gasteiger partial charge >= 0.3 is 0 Å². The van der Waals surface area contributed by atoms with Crippen molar-refractivity contribution < 1.29 is 27.7 Å². The van der Waals surface area contributed by atoms with Gasteiger partial charge in [0.2, 0.25) is 21.8 Å². The van der Waals surface area contributed by atoms with Gasteiger partial charge in [0, 0.05) is 31.6 Å². The van der Waals surface area contributed by atoms with Gasteiger partial charge in [-0.15, -0.1) is 0 Å². The van der Waals surface area contributed by atoms with Crippen LogP contribution in [-0.4, -0.2) is 62.6 Å². The highest BCUT2D eigenvalue weighted by atomic mass is 32.2. The number of methoxy groups -OCH3 is 1. The van der Waals surface area contributed by atoms with E-state index in [0.29, 0.717) is 6.54 Å². The molecule has 0 bridgehead atoms. The summed E-state index contributed by atoms with van der Waals surface area (Å²) >= 11 is 0. The Kier molecular flexibility index (Phi) is 11.6. The van der Waals surface area contributed by atoms with Crippen molar-refractivity contribution in [2.75, 3.05) is 30.8 Å². The van der Waals surface area contributed by atoms with Gasteiger partial charge in [-0.3, -0.25) is 24.0 Å². The molecule has 0 spiro atoms. The van der Waals surface area contributed by atoms with E-state index < -0.39 is 33.4 Å². The van der Waals surface area contributed by atoms with Gasteiger partial charge in [-0.25, -0.2) is 8.42 Å². The topological polar surface area (TPSA) is 139 Å². The first-order valence-electron chi connectivity index (χ1n) is 13.9. The smallest absolute Gasteiger partial charge is 0.271 e. The van der Waals surface area contributed by atoms with Crippen molar-refractivity contribution in [1.29, 1.82) is 0 Å². The number of sulfonamides is 1. The maximum Gasteiger partial charge on any atom is 0.271 e. The number of nitro groups is 1. The molecule has 3 aromatic rings. The molecule has 230 valence electrons. The third-order valence-electron chi connectivity index (χ3n) is 7.02. The second kappa shape index (κ2) is 15.1. The number of carbonyl (C=O) groups excluding carboxylic acids is 2. The molecule has 3 rings (SSSR count). The van der Waals surface area contributed by atoms with Crippen LogP contribution in [0.2, 0.25) is 0 Å². The number of unbranched alkanes of at least 4 members (excludes halogenated alkanes) is 1. The molecule has 2 amide bonds. The molecule has 1 atom stereocenters. The molecule has 0 radical (unpaired) electrons. The van der Waals surface area contributed by atoms with Gasteiger partial charge in [0.15, 0.2) is 0 Å². The number of aryl methyl sites for hydroxylation is 1. The Morgan fingerprint density at radius 3 is 2.33 bits per heavy atom. The minimum Gasteiger partial charge on any atom is -0.495 e. The van der Waals surface area contributed by atoms with Crippen LogP contribution in [0.1, 0.15) is 36.5 Å². The van der Waals surface area contributed by atoms with Crippen LogP contribution < -0.4 is 14.4 Å². The summed E-state index contributed by atoms with van der Waals surface area (Å²) in [5.41, 5.74) is 1.97. The van der Waals surface area contributed by atoms with Crippen LogP contribution in [0.15, 0.2) is 72.8 Å². The van der Waals surface area contributed by atoms with E-state index in [2.05, 4.69) is 5.32 Å². The van der Waals surface area contributed by atoms with Crippen LogP contribution >= 0.6 is 0 Å². The third kappa shape index (κ3) is 9.02. The van der Waals surface area contributed by atoms with Crippen molar-refractivity contribution in [3.63, 3.8) is 0 Å². The molecule has 11 nitrogen and oxygen atoms in total. The van der Waals surface area contributed by atoms with E-state index in [1.165, 1.54) is 24.1 Å². The van der Waals surface area contributed by atoms with E-state index in [1.54, 1.807) is 0 Å². The Bertz CT molecular complexity index is 1530. The molecule has 0 heterocycles. The highest BCUT2D eigenvalue weighted by Gasteiger charge is 2.34. The summed E-state index contributed by atoms with van der Waals surface area (Å²) in [5.74, 6) is -0.987. The molecule has 1 N–H and O–H groups in total. The molecule has 12 heteroatoms. The van der Waals surface area contributed by atoms with Crippen LogP contribution in [0.3, 0.4) is 0 Å². The number of nitro benzene ring substituents is 1. The number of anilines is 1. The monoisotopic (exact) mass is 610 g/mol. The van der Waals surface area contributed by atoms with E-state index in [-0.39, 0.29) is 36.0 Å². The number of hydrogen-bond acceptors (Lipinski definition) is 7. The zero-order chi connectivity index (χ0) is 31.6. The molecule has 0 unspecified atom stereocenters. The highest BCUT2D eigenvalue weighted by Crippen LogP contribution is 2.34. The number of hydrogen-bond donors (Lipinski definition) is 1. The van der Waals surface area contributed by atoms with E-state index in [4.69, 9.17) is 4.74 Å². The Morgan fingerprint density at radius 2 is 1.72 bits per heavy atom. The van der Waals surface area contributed by atoms with Crippen molar-refractivity contribution >= 4 is 33.2 Å². The average molecular weight is 611 g/mol. The number of nitrogens with one attached hydrogen (secondary N) is 1. The number of non-ortho nitro benzene ring substituents is 1. The summed E-state index contributed by atoms with van der Waals surface area (Å²) < 4.78 is 32.2. The second-order valence-corrected chi connectivity index (χ2v) is 12.1. The highest BCUT2D eigenvalue weighted by molar-refractivity contribution is 7.92. The molecule has 0 saturated heterocycles. The number of amides is 2. The lowest BCUT2D eigenvalue weighted by Gasteiger charge is -2.34. The van der Waals surface area contributed by atoms with Crippen molar-refractivity contribution in [2.45, 2.75) is 45.7 Å². The zero-order valence-electron chi connectivity index (χ0n) is 24.9. The van der Waals surface area contributed by atoms with E-state index in [9.17, 15) is 28.1 Å². The molecule has 0 aromatic heterocycles. The van der Waals surface area contributed by atoms with Crippen LogP contribution in [0.5, 0.6) is 5.75 Å². The number of nitrogens with zero attached hydrogens (tertiary/aromatic N) is 3. The summed E-state index contributed by atoms with van der Waals surface area (Å²) in [6, 6.07) is 19.2.